The second kappa shape index (κ2) is 9.91. The van der Waals surface area contributed by atoms with Gasteiger partial charge in [0.1, 0.15) is 23.1 Å². The Kier molecular flexibility index (Phi) is 6.54. The standard InChI is InChI=1S/C26H26FN5O3/c1-32-14-19(13-29-32)17-7-5-16(6-8-17)11-18-12-23(30-25-20(18)3-2-4-21(25)27)26(33)31-22-9-10-34-15-24(22)35-28/h2-8,12-14,22,24H,9-11,15,28H2,1H3,(H,31,33)/t22-,24-/m0/s1. The number of nitrogens with two attached hydrogens (primary N) is 1. The van der Waals surface area contributed by atoms with Crippen molar-refractivity contribution < 1.29 is 18.8 Å². The van der Waals surface area contributed by atoms with Crippen molar-refractivity contribution in [1.29, 1.82) is 0 Å². The molecular weight excluding hydrogens is 449 g/mol. The van der Waals surface area contributed by atoms with Crippen LogP contribution in [0, 0.1) is 5.82 Å². The average molecular weight is 476 g/mol. The van der Waals surface area contributed by atoms with Crippen LogP contribution >= 0.6 is 0 Å². The fourth-order valence-electron chi connectivity index (χ4n) is 4.40. The van der Waals surface area contributed by atoms with Crippen LogP contribution in [-0.4, -0.2) is 46.0 Å². The van der Waals surface area contributed by atoms with Crippen molar-refractivity contribution in [3.05, 3.63) is 83.6 Å². The highest BCUT2D eigenvalue weighted by molar-refractivity contribution is 5.96. The van der Waals surface area contributed by atoms with E-state index in [2.05, 4.69) is 15.4 Å². The van der Waals surface area contributed by atoms with Gasteiger partial charge in [0, 0.05) is 30.8 Å². The topological polar surface area (TPSA) is 104 Å². The number of ether oxygens (including phenoxy) is 1. The number of para-hydroxylation sites is 1. The van der Waals surface area contributed by atoms with Crippen LogP contribution in [0.1, 0.15) is 28.0 Å². The van der Waals surface area contributed by atoms with Gasteiger partial charge in [-0.3, -0.25) is 14.3 Å². The van der Waals surface area contributed by atoms with Gasteiger partial charge >= 0.3 is 0 Å². The van der Waals surface area contributed by atoms with Gasteiger partial charge < -0.3 is 10.1 Å². The third-order valence-corrected chi connectivity index (χ3v) is 6.29. The fraction of sp³-hybridized carbons (Fsp3) is 0.269. The number of amides is 1. The molecule has 35 heavy (non-hydrogen) atoms. The van der Waals surface area contributed by atoms with Crippen molar-refractivity contribution in [1.82, 2.24) is 20.1 Å². The lowest BCUT2D eigenvalue weighted by Gasteiger charge is -2.30. The molecule has 1 saturated heterocycles. The van der Waals surface area contributed by atoms with E-state index in [-0.39, 0.29) is 17.3 Å². The highest BCUT2D eigenvalue weighted by Gasteiger charge is 2.28. The van der Waals surface area contributed by atoms with Crippen LogP contribution in [0.2, 0.25) is 0 Å². The number of aryl methyl sites for hydroxylation is 1. The number of carbonyl (C=O) groups is 1. The minimum atomic E-state index is -0.473. The molecule has 1 aliphatic heterocycles. The van der Waals surface area contributed by atoms with Crippen molar-refractivity contribution in [3.63, 3.8) is 0 Å². The fourth-order valence-corrected chi connectivity index (χ4v) is 4.40. The zero-order chi connectivity index (χ0) is 24.4. The van der Waals surface area contributed by atoms with Crippen LogP contribution in [0.4, 0.5) is 4.39 Å². The van der Waals surface area contributed by atoms with Gasteiger partial charge in [-0.2, -0.15) is 5.10 Å². The van der Waals surface area contributed by atoms with E-state index in [0.29, 0.717) is 31.4 Å². The summed E-state index contributed by atoms with van der Waals surface area (Å²) in [6.45, 7) is 0.784. The molecule has 9 heteroatoms. The third kappa shape index (κ3) is 4.93. The molecule has 0 unspecified atom stereocenters. The summed E-state index contributed by atoms with van der Waals surface area (Å²) in [6, 6.07) is 14.3. The Labute approximate surface area is 201 Å². The third-order valence-electron chi connectivity index (χ3n) is 6.29. The summed E-state index contributed by atoms with van der Waals surface area (Å²) < 4.78 is 21.8. The summed E-state index contributed by atoms with van der Waals surface area (Å²) in [5.41, 5.74) is 4.24. The van der Waals surface area contributed by atoms with Crippen LogP contribution in [-0.2, 0) is 23.0 Å². The van der Waals surface area contributed by atoms with Crippen molar-refractivity contribution in [2.45, 2.75) is 25.0 Å². The maximum Gasteiger partial charge on any atom is 0.270 e. The van der Waals surface area contributed by atoms with E-state index in [1.165, 1.54) is 6.07 Å². The molecule has 2 aromatic carbocycles. The first kappa shape index (κ1) is 23.1. The smallest absolute Gasteiger partial charge is 0.270 e. The second-order valence-corrected chi connectivity index (χ2v) is 8.70. The Balaban J connectivity index is 1.44. The number of hydrogen-bond donors (Lipinski definition) is 2. The molecule has 4 aromatic rings. The lowest BCUT2D eigenvalue weighted by atomic mass is 9.98. The van der Waals surface area contributed by atoms with Gasteiger partial charge in [-0.25, -0.2) is 15.3 Å². The second-order valence-electron chi connectivity index (χ2n) is 8.70. The van der Waals surface area contributed by atoms with E-state index < -0.39 is 17.8 Å². The predicted molar refractivity (Wildman–Crippen MR) is 129 cm³/mol. The molecule has 1 aliphatic rings. The molecule has 5 rings (SSSR count). The van der Waals surface area contributed by atoms with Crippen LogP contribution in [0.25, 0.3) is 22.0 Å². The molecule has 0 bridgehead atoms. The molecule has 0 spiro atoms. The maximum atomic E-state index is 14.7. The Bertz CT molecular complexity index is 1360. The summed E-state index contributed by atoms with van der Waals surface area (Å²) in [5.74, 6) is 4.48. The van der Waals surface area contributed by atoms with E-state index in [1.54, 1.807) is 16.8 Å². The first-order valence-electron chi connectivity index (χ1n) is 11.4. The number of pyridine rings is 1. The Morgan fingerprint density at radius 2 is 2.09 bits per heavy atom. The SMILES string of the molecule is Cn1cc(-c2ccc(Cc3cc(C(=O)N[C@H]4CCOC[C@@H]4ON)nc4c(F)cccc34)cc2)cn1. The molecule has 2 aromatic heterocycles. The Morgan fingerprint density at radius 3 is 2.83 bits per heavy atom. The number of halogens is 1. The van der Waals surface area contributed by atoms with Gasteiger partial charge in [-0.05, 0) is 41.7 Å². The summed E-state index contributed by atoms with van der Waals surface area (Å²) >= 11 is 0. The molecule has 2 atom stereocenters. The number of nitrogens with zero attached hydrogens (tertiary/aromatic N) is 3. The number of hydrogen-bond acceptors (Lipinski definition) is 6. The molecule has 3 N–H and O–H groups in total. The predicted octanol–water partition coefficient (Wildman–Crippen LogP) is 3.14. The van der Waals surface area contributed by atoms with Crippen molar-refractivity contribution in [3.8, 4) is 11.1 Å². The van der Waals surface area contributed by atoms with Crippen LogP contribution < -0.4 is 11.2 Å². The molecule has 0 saturated carbocycles. The molecule has 3 heterocycles. The number of benzene rings is 2. The molecule has 8 nitrogen and oxygen atoms in total. The largest absolute Gasteiger partial charge is 0.379 e. The number of aromatic nitrogens is 3. The van der Waals surface area contributed by atoms with Gasteiger partial charge in [0.25, 0.3) is 5.91 Å². The Morgan fingerprint density at radius 1 is 1.26 bits per heavy atom. The summed E-state index contributed by atoms with van der Waals surface area (Å²) in [4.78, 5) is 22.4. The molecule has 1 fully saturated rings. The van der Waals surface area contributed by atoms with Gasteiger partial charge in [-0.15, -0.1) is 0 Å². The van der Waals surface area contributed by atoms with Gasteiger partial charge in [-0.1, -0.05) is 36.4 Å². The number of fused-ring (bicyclic) bond motifs is 1. The maximum absolute atomic E-state index is 14.7. The first-order valence-corrected chi connectivity index (χ1v) is 11.4. The van der Waals surface area contributed by atoms with Crippen molar-refractivity contribution in [2.75, 3.05) is 13.2 Å². The molecule has 0 aliphatic carbocycles. The summed E-state index contributed by atoms with van der Waals surface area (Å²) in [6.07, 6.45) is 4.39. The molecule has 0 radical (unpaired) electrons. The van der Waals surface area contributed by atoms with E-state index >= 15 is 0 Å². The molecule has 1 amide bonds. The highest BCUT2D eigenvalue weighted by Crippen LogP contribution is 2.25. The Hall–Kier alpha value is -3.66. The lowest BCUT2D eigenvalue weighted by molar-refractivity contribution is -0.0685. The van der Waals surface area contributed by atoms with Gasteiger partial charge in [0.15, 0.2) is 0 Å². The van der Waals surface area contributed by atoms with Crippen LogP contribution in [0.15, 0.2) is 60.9 Å². The normalized spacial score (nSPS) is 18.0. The van der Waals surface area contributed by atoms with E-state index in [4.69, 9.17) is 15.5 Å². The number of nitrogens with one attached hydrogen (secondary N) is 1. The quantitative estimate of drug-likeness (QED) is 0.415. The van der Waals surface area contributed by atoms with Gasteiger partial charge in [0.05, 0.1) is 18.8 Å². The zero-order valence-corrected chi connectivity index (χ0v) is 19.3. The van der Waals surface area contributed by atoms with Gasteiger partial charge in [0.2, 0.25) is 0 Å². The molecular formula is C26H26FN5O3. The minimum absolute atomic E-state index is 0.145. The number of carbonyl (C=O) groups excluding carboxylic acids is 1. The van der Waals surface area contributed by atoms with Crippen molar-refractivity contribution >= 4 is 16.8 Å². The van der Waals surface area contributed by atoms with E-state index in [9.17, 15) is 9.18 Å². The summed E-state index contributed by atoms with van der Waals surface area (Å²) in [5, 5.41) is 7.81. The average Bonchev–Trinajstić information content (AvgIpc) is 3.31. The van der Waals surface area contributed by atoms with E-state index in [1.807, 2.05) is 49.8 Å². The first-order chi connectivity index (χ1) is 17.0. The highest BCUT2D eigenvalue weighted by atomic mass is 19.1. The zero-order valence-electron chi connectivity index (χ0n) is 19.3. The number of rotatable bonds is 6. The lowest BCUT2D eigenvalue weighted by Crippen LogP contribution is -2.51. The van der Waals surface area contributed by atoms with E-state index in [0.717, 1.165) is 22.3 Å². The minimum Gasteiger partial charge on any atom is -0.379 e. The van der Waals surface area contributed by atoms with Crippen LogP contribution in [0.3, 0.4) is 0 Å². The monoisotopic (exact) mass is 475 g/mol. The van der Waals surface area contributed by atoms with Crippen LogP contribution in [0.5, 0.6) is 0 Å². The summed E-state index contributed by atoms with van der Waals surface area (Å²) in [7, 11) is 1.88. The molecule has 180 valence electrons. The van der Waals surface area contributed by atoms with Crippen molar-refractivity contribution in [2.24, 2.45) is 12.9 Å².